The molecule has 1 fully saturated rings. The van der Waals surface area contributed by atoms with E-state index in [1.807, 2.05) is 95.9 Å². The molecule has 0 spiro atoms. The number of benzene rings is 4. The fourth-order valence-corrected chi connectivity index (χ4v) is 6.26. The first kappa shape index (κ1) is 34.3. The standard InChI is InChI=1S/C42H41FN4O3/c1-50-40-20-17-34(28-38(40)43)27-36(41(48)45-29-32-15-18-35(19-16-32)39-14-8-9-21-44-39)37(26-31-10-4-2-5-11-31)42(49)47-24-22-46(23-25-47)30-33-12-6-3-7-13-33/h2-21,27-28,37H,22-26,29-30H2,1H3,(H,45,48)/t37-/m0/s1. The summed E-state index contributed by atoms with van der Waals surface area (Å²) < 4.78 is 20.0. The quantitative estimate of drug-likeness (QED) is 0.148. The normalized spacial score (nSPS) is 14.2. The molecular weight excluding hydrogens is 627 g/mol. The van der Waals surface area contributed by atoms with Gasteiger partial charge in [-0.2, -0.15) is 0 Å². The van der Waals surface area contributed by atoms with Crippen LogP contribution in [-0.4, -0.2) is 59.9 Å². The summed E-state index contributed by atoms with van der Waals surface area (Å²) >= 11 is 0. The number of nitrogens with one attached hydrogen (secondary N) is 1. The molecule has 1 aliphatic rings. The molecule has 0 unspecified atom stereocenters. The van der Waals surface area contributed by atoms with Gasteiger partial charge in [0.25, 0.3) is 0 Å². The molecule has 5 aromatic rings. The van der Waals surface area contributed by atoms with Crippen LogP contribution >= 0.6 is 0 Å². The molecule has 7 nitrogen and oxygen atoms in total. The molecule has 0 saturated carbocycles. The summed E-state index contributed by atoms with van der Waals surface area (Å²) in [4.78, 5) is 37.3. The second kappa shape index (κ2) is 16.7. The van der Waals surface area contributed by atoms with Gasteiger partial charge in [0, 0.05) is 56.6 Å². The Bertz CT molecular complexity index is 1890. The van der Waals surface area contributed by atoms with Gasteiger partial charge in [0.15, 0.2) is 11.6 Å². The molecule has 2 amide bonds. The number of ether oxygens (including phenoxy) is 1. The van der Waals surface area contributed by atoms with Gasteiger partial charge in [0.2, 0.25) is 11.8 Å². The largest absolute Gasteiger partial charge is 0.494 e. The van der Waals surface area contributed by atoms with E-state index in [0.717, 1.165) is 42.0 Å². The highest BCUT2D eigenvalue weighted by atomic mass is 19.1. The van der Waals surface area contributed by atoms with Crippen molar-refractivity contribution in [1.29, 1.82) is 0 Å². The van der Waals surface area contributed by atoms with Gasteiger partial charge in [-0.1, -0.05) is 97.1 Å². The summed E-state index contributed by atoms with van der Waals surface area (Å²) in [5, 5.41) is 3.05. The van der Waals surface area contributed by atoms with Gasteiger partial charge in [-0.3, -0.25) is 19.5 Å². The first-order valence-corrected chi connectivity index (χ1v) is 16.9. The fraction of sp³-hybridized carbons (Fsp3) is 0.214. The molecule has 1 aliphatic heterocycles. The van der Waals surface area contributed by atoms with Crippen molar-refractivity contribution in [3.05, 3.63) is 161 Å². The Hall–Kier alpha value is -5.60. The predicted molar refractivity (Wildman–Crippen MR) is 194 cm³/mol. The topological polar surface area (TPSA) is 74.8 Å². The zero-order valence-corrected chi connectivity index (χ0v) is 28.2. The molecule has 50 heavy (non-hydrogen) atoms. The number of amides is 2. The lowest BCUT2D eigenvalue weighted by Crippen LogP contribution is -2.51. The molecule has 0 aliphatic carbocycles. The summed E-state index contributed by atoms with van der Waals surface area (Å²) in [6.07, 6.45) is 3.71. The van der Waals surface area contributed by atoms with Crippen LogP contribution in [-0.2, 0) is 29.1 Å². The van der Waals surface area contributed by atoms with Crippen LogP contribution in [0.3, 0.4) is 0 Å². The monoisotopic (exact) mass is 668 g/mol. The maximum absolute atomic E-state index is 14.9. The number of rotatable bonds is 12. The molecule has 1 N–H and O–H groups in total. The zero-order valence-electron chi connectivity index (χ0n) is 28.2. The molecule has 254 valence electrons. The van der Waals surface area contributed by atoms with E-state index in [1.54, 1.807) is 18.3 Å². The van der Waals surface area contributed by atoms with Crippen molar-refractivity contribution in [3.63, 3.8) is 0 Å². The van der Waals surface area contributed by atoms with Gasteiger partial charge < -0.3 is 15.0 Å². The van der Waals surface area contributed by atoms with Crippen LogP contribution in [0.1, 0.15) is 22.3 Å². The predicted octanol–water partition coefficient (Wildman–Crippen LogP) is 6.80. The first-order chi connectivity index (χ1) is 24.5. The van der Waals surface area contributed by atoms with Crippen LogP contribution in [0.15, 0.2) is 133 Å². The van der Waals surface area contributed by atoms with Gasteiger partial charge in [0.05, 0.1) is 18.7 Å². The Morgan fingerprint density at radius 2 is 1.50 bits per heavy atom. The molecule has 2 heterocycles. The third-order valence-electron chi connectivity index (χ3n) is 9.02. The molecule has 1 saturated heterocycles. The van der Waals surface area contributed by atoms with Gasteiger partial charge in [-0.15, -0.1) is 0 Å². The van der Waals surface area contributed by atoms with E-state index in [1.165, 1.54) is 24.8 Å². The maximum atomic E-state index is 14.9. The third kappa shape index (κ3) is 8.89. The van der Waals surface area contributed by atoms with Gasteiger partial charge in [-0.05, 0) is 59.0 Å². The smallest absolute Gasteiger partial charge is 0.248 e. The summed E-state index contributed by atoms with van der Waals surface area (Å²) in [6.45, 7) is 3.61. The van der Waals surface area contributed by atoms with E-state index in [9.17, 15) is 14.0 Å². The van der Waals surface area contributed by atoms with Gasteiger partial charge in [0.1, 0.15) is 0 Å². The number of carbonyl (C=O) groups excluding carboxylic acids is 2. The van der Waals surface area contributed by atoms with Crippen LogP contribution in [0.4, 0.5) is 4.39 Å². The van der Waals surface area contributed by atoms with Crippen LogP contribution in [0.5, 0.6) is 5.75 Å². The molecule has 6 rings (SSSR count). The van der Waals surface area contributed by atoms with Crippen LogP contribution in [0.2, 0.25) is 0 Å². The molecule has 1 aromatic heterocycles. The average Bonchev–Trinajstić information content (AvgIpc) is 3.17. The minimum Gasteiger partial charge on any atom is -0.494 e. The van der Waals surface area contributed by atoms with Crippen LogP contribution in [0, 0.1) is 11.7 Å². The SMILES string of the molecule is COc1ccc(C=C(C(=O)NCc2ccc(-c3ccccn3)cc2)[C@H](Cc2ccccc2)C(=O)N2CCN(Cc3ccccc3)CC2)cc1F. The zero-order chi connectivity index (χ0) is 34.7. The summed E-state index contributed by atoms with van der Waals surface area (Å²) in [5.74, 6) is -1.74. The molecule has 4 aromatic carbocycles. The number of aromatic nitrogens is 1. The summed E-state index contributed by atoms with van der Waals surface area (Å²) in [6, 6.07) is 38.2. The number of carbonyl (C=O) groups is 2. The highest BCUT2D eigenvalue weighted by Crippen LogP contribution is 2.27. The Morgan fingerprint density at radius 3 is 2.14 bits per heavy atom. The highest BCUT2D eigenvalue weighted by molar-refractivity contribution is 6.04. The van der Waals surface area contributed by atoms with Crippen molar-refractivity contribution >= 4 is 17.9 Å². The average molecular weight is 669 g/mol. The lowest BCUT2D eigenvalue weighted by Gasteiger charge is -2.37. The van der Waals surface area contributed by atoms with Gasteiger partial charge >= 0.3 is 0 Å². The molecule has 0 radical (unpaired) electrons. The van der Waals surface area contributed by atoms with E-state index in [4.69, 9.17) is 4.74 Å². The highest BCUT2D eigenvalue weighted by Gasteiger charge is 2.33. The number of nitrogens with zero attached hydrogens (tertiary/aromatic N) is 3. The number of piperazine rings is 1. The number of halogens is 1. The first-order valence-electron chi connectivity index (χ1n) is 16.9. The third-order valence-corrected chi connectivity index (χ3v) is 9.02. The van der Waals surface area contributed by atoms with E-state index >= 15 is 0 Å². The van der Waals surface area contributed by atoms with E-state index in [-0.39, 0.29) is 29.7 Å². The minimum absolute atomic E-state index is 0.104. The number of hydrogen-bond acceptors (Lipinski definition) is 5. The van der Waals surface area contributed by atoms with Crippen LogP contribution in [0.25, 0.3) is 17.3 Å². The Balaban J connectivity index is 1.26. The lowest BCUT2D eigenvalue weighted by atomic mass is 9.88. The summed E-state index contributed by atoms with van der Waals surface area (Å²) in [7, 11) is 1.41. The van der Waals surface area contributed by atoms with Crippen molar-refractivity contribution < 1.29 is 18.7 Å². The number of pyridine rings is 1. The Kier molecular flexibility index (Phi) is 11.4. The Morgan fingerprint density at radius 1 is 0.820 bits per heavy atom. The second-order valence-electron chi connectivity index (χ2n) is 12.4. The van der Waals surface area contributed by atoms with Crippen molar-refractivity contribution in [2.24, 2.45) is 5.92 Å². The van der Waals surface area contributed by atoms with Crippen molar-refractivity contribution in [2.75, 3.05) is 33.3 Å². The number of hydrogen-bond donors (Lipinski definition) is 1. The fourth-order valence-electron chi connectivity index (χ4n) is 6.26. The lowest BCUT2D eigenvalue weighted by molar-refractivity contribution is -0.137. The molecular formula is C42H41FN4O3. The second-order valence-corrected chi connectivity index (χ2v) is 12.4. The Labute approximate surface area is 293 Å². The minimum atomic E-state index is -0.797. The van der Waals surface area contributed by atoms with Crippen molar-refractivity contribution in [1.82, 2.24) is 20.1 Å². The number of methoxy groups -OCH3 is 1. The van der Waals surface area contributed by atoms with Crippen molar-refractivity contribution in [3.8, 4) is 17.0 Å². The molecule has 1 atom stereocenters. The van der Waals surface area contributed by atoms with Crippen molar-refractivity contribution in [2.45, 2.75) is 19.5 Å². The van der Waals surface area contributed by atoms with E-state index in [2.05, 4.69) is 27.3 Å². The molecule has 8 heteroatoms. The van der Waals surface area contributed by atoms with E-state index in [0.29, 0.717) is 25.1 Å². The molecule has 0 bridgehead atoms. The van der Waals surface area contributed by atoms with Crippen LogP contribution < -0.4 is 10.1 Å². The van der Waals surface area contributed by atoms with E-state index < -0.39 is 11.7 Å². The van der Waals surface area contributed by atoms with Gasteiger partial charge in [-0.25, -0.2) is 4.39 Å². The maximum Gasteiger partial charge on any atom is 0.248 e. The summed E-state index contributed by atoms with van der Waals surface area (Å²) in [5.41, 5.74) is 5.64.